The number of hydrogen-bond acceptors (Lipinski definition) is 4. The van der Waals surface area contributed by atoms with Crippen molar-refractivity contribution in [2.45, 2.75) is 26.4 Å². The average Bonchev–Trinajstić information content (AvgIpc) is 3.14. The van der Waals surface area contributed by atoms with Crippen molar-refractivity contribution in [2.75, 3.05) is 13.2 Å². The highest BCUT2D eigenvalue weighted by atomic mass is 35.5. The summed E-state index contributed by atoms with van der Waals surface area (Å²) in [6.07, 6.45) is 0.246. The van der Waals surface area contributed by atoms with Crippen LogP contribution in [0, 0.1) is 0 Å². The summed E-state index contributed by atoms with van der Waals surface area (Å²) in [7, 11) is 0. The molecule has 1 aliphatic heterocycles. The van der Waals surface area contributed by atoms with E-state index in [0.717, 1.165) is 22.8 Å². The molecular formula is C21H21ClN4O2. The summed E-state index contributed by atoms with van der Waals surface area (Å²) in [6.45, 7) is 4.14. The molecule has 144 valence electrons. The molecule has 7 heteroatoms. The lowest BCUT2D eigenvalue weighted by atomic mass is 10.1. The van der Waals surface area contributed by atoms with Crippen molar-refractivity contribution < 1.29 is 9.53 Å². The molecule has 0 atom stereocenters. The Morgan fingerprint density at radius 2 is 1.93 bits per heavy atom. The Bertz CT molecular complexity index is 987. The molecule has 0 saturated heterocycles. The molecule has 1 amide bonds. The Morgan fingerprint density at radius 3 is 2.71 bits per heavy atom. The molecule has 4 rings (SSSR count). The van der Waals surface area contributed by atoms with Crippen LogP contribution in [0.15, 0.2) is 48.5 Å². The first kappa shape index (κ1) is 18.5. The van der Waals surface area contributed by atoms with Crippen molar-refractivity contribution in [3.05, 3.63) is 64.9 Å². The third-order valence-corrected chi connectivity index (χ3v) is 5.11. The number of aromatic nitrogens is 3. The molecule has 28 heavy (non-hydrogen) atoms. The summed E-state index contributed by atoms with van der Waals surface area (Å²) < 4.78 is 7.72. The van der Waals surface area contributed by atoms with E-state index in [1.54, 1.807) is 6.07 Å². The first-order valence-corrected chi connectivity index (χ1v) is 9.70. The molecule has 0 N–H and O–H groups in total. The predicted molar refractivity (Wildman–Crippen MR) is 107 cm³/mol. The third kappa shape index (κ3) is 3.60. The standard InChI is InChI=1S/C21H21ClN4O2/c1-2-28-20-16(9-6-10-17(20)22)13-19(27)25-11-12-26-18(14-25)23-24-21(26)15-7-4-3-5-8-15/h3-10H,2,11-14H2,1H3. The van der Waals surface area contributed by atoms with Crippen molar-refractivity contribution in [3.63, 3.8) is 0 Å². The van der Waals surface area contributed by atoms with Crippen LogP contribution in [0.5, 0.6) is 5.75 Å². The van der Waals surface area contributed by atoms with Crippen molar-refractivity contribution in [1.82, 2.24) is 19.7 Å². The maximum Gasteiger partial charge on any atom is 0.227 e. The third-order valence-electron chi connectivity index (χ3n) is 4.82. The van der Waals surface area contributed by atoms with Gasteiger partial charge in [0.2, 0.25) is 5.91 Å². The summed E-state index contributed by atoms with van der Waals surface area (Å²) in [5.74, 6) is 2.26. The van der Waals surface area contributed by atoms with Crippen LogP contribution in [-0.4, -0.2) is 38.7 Å². The molecule has 0 spiro atoms. The molecule has 2 aromatic carbocycles. The van der Waals surface area contributed by atoms with Crippen molar-refractivity contribution >= 4 is 17.5 Å². The molecule has 3 aromatic rings. The molecule has 0 aliphatic carbocycles. The van der Waals surface area contributed by atoms with Gasteiger partial charge in [0.15, 0.2) is 11.6 Å². The van der Waals surface area contributed by atoms with E-state index < -0.39 is 0 Å². The summed E-state index contributed by atoms with van der Waals surface area (Å²) in [5, 5.41) is 9.17. The van der Waals surface area contributed by atoms with Crippen LogP contribution in [0.4, 0.5) is 0 Å². The van der Waals surface area contributed by atoms with Crippen molar-refractivity contribution in [2.24, 2.45) is 0 Å². The number of ether oxygens (including phenoxy) is 1. The highest BCUT2D eigenvalue weighted by Crippen LogP contribution is 2.30. The quantitative estimate of drug-likeness (QED) is 0.661. The number of nitrogens with zero attached hydrogens (tertiary/aromatic N) is 4. The molecule has 2 heterocycles. The number of benzene rings is 2. The fourth-order valence-corrected chi connectivity index (χ4v) is 3.69. The van der Waals surface area contributed by atoms with E-state index in [1.807, 2.05) is 54.3 Å². The van der Waals surface area contributed by atoms with E-state index >= 15 is 0 Å². The van der Waals surface area contributed by atoms with E-state index in [4.69, 9.17) is 16.3 Å². The number of halogens is 1. The monoisotopic (exact) mass is 396 g/mol. The molecule has 1 aromatic heterocycles. The first-order valence-electron chi connectivity index (χ1n) is 9.33. The molecule has 0 saturated carbocycles. The number of rotatable bonds is 5. The molecule has 1 aliphatic rings. The minimum Gasteiger partial charge on any atom is -0.492 e. The summed E-state index contributed by atoms with van der Waals surface area (Å²) in [4.78, 5) is 14.7. The van der Waals surface area contributed by atoms with Gasteiger partial charge in [-0.25, -0.2) is 0 Å². The minimum atomic E-state index is 0.0266. The van der Waals surface area contributed by atoms with Gasteiger partial charge in [-0.2, -0.15) is 0 Å². The van der Waals surface area contributed by atoms with Gasteiger partial charge in [0.1, 0.15) is 5.75 Å². The number of carbonyl (C=O) groups is 1. The van der Waals surface area contributed by atoms with Crippen LogP contribution >= 0.6 is 11.6 Å². The van der Waals surface area contributed by atoms with Crippen molar-refractivity contribution in [1.29, 1.82) is 0 Å². The van der Waals surface area contributed by atoms with Gasteiger partial charge in [-0.15, -0.1) is 10.2 Å². The molecule has 6 nitrogen and oxygen atoms in total. The fourth-order valence-electron chi connectivity index (χ4n) is 3.44. The number of hydrogen-bond donors (Lipinski definition) is 0. The summed E-state index contributed by atoms with van der Waals surface area (Å²) in [5.41, 5.74) is 1.83. The second-order valence-corrected chi connectivity index (χ2v) is 7.02. The Morgan fingerprint density at radius 1 is 1.11 bits per heavy atom. The second kappa shape index (κ2) is 8.02. The molecule has 0 radical (unpaired) electrons. The zero-order valence-electron chi connectivity index (χ0n) is 15.6. The van der Waals surface area contributed by atoms with Crippen LogP contribution in [0.1, 0.15) is 18.3 Å². The fraction of sp³-hybridized carbons (Fsp3) is 0.286. The Kier molecular flexibility index (Phi) is 5.30. The number of carbonyl (C=O) groups excluding carboxylic acids is 1. The minimum absolute atomic E-state index is 0.0266. The summed E-state index contributed by atoms with van der Waals surface area (Å²) >= 11 is 6.23. The normalized spacial score (nSPS) is 13.3. The van der Waals surface area contributed by atoms with Crippen LogP contribution < -0.4 is 4.74 Å². The smallest absolute Gasteiger partial charge is 0.227 e. The average molecular weight is 397 g/mol. The van der Waals surface area contributed by atoms with Gasteiger partial charge in [-0.3, -0.25) is 4.79 Å². The topological polar surface area (TPSA) is 60.2 Å². The van der Waals surface area contributed by atoms with Gasteiger partial charge in [0, 0.05) is 24.2 Å². The molecule has 0 unspecified atom stereocenters. The van der Waals surface area contributed by atoms with Gasteiger partial charge in [-0.05, 0) is 13.0 Å². The van der Waals surface area contributed by atoms with Gasteiger partial charge in [-0.1, -0.05) is 54.1 Å². The van der Waals surface area contributed by atoms with E-state index in [1.165, 1.54) is 0 Å². The highest BCUT2D eigenvalue weighted by molar-refractivity contribution is 6.32. The summed E-state index contributed by atoms with van der Waals surface area (Å²) in [6, 6.07) is 15.5. The maximum atomic E-state index is 12.9. The van der Waals surface area contributed by atoms with Crippen LogP contribution in [0.25, 0.3) is 11.4 Å². The zero-order valence-corrected chi connectivity index (χ0v) is 16.4. The SMILES string of the molecule is CCOc1c(Cl)cccc1CC(=O)N1CCn2c(nnc2-c2ccccc2)C1. The zero-order chi connectivity index (χ0) is 19.5. The van der Waals surface area contributed by atoms with E-state index in [0.29, 0.717) is 37.0 Å². The van der Waals surface area contributed by atoms with Crippen LogP contribution in [-0.2, 0) is 24.3 Å². The lowest BCUT2D eigenvalue weighted by Gasteiger charge is -2.28. The largest absolute Gasteiger partial charge is 0.492 e. The van der Waals surface area contributed by atoms with Gasteiger partial charge in [0.25, 0.3) is 0 Å². The number of para-hydroxylation sites is 1. The first-order chi connectivity index (χ1) is 13.7. The van der Waals surface area contributed by atoms with Gasteiger partial charge >= 0.3 is 0 Å². The highest BCUT2D eigenvalue weighted by Gasteiger charge is 2.25. The van der Waals surface area contributed by atoms with Crippen LogP contribution in [0.3, 0.4) is 0 Å². The maximum absolute atomic E-state index is 12.9. The van der Waals surface area contributed by atoms with Crippen LogP contribution in [0.2, 0.25) is 5.02 Å². The van der Waals surface area contributed by atoms with Gasteiger partial charge in [0.05, 0.1) is 24.6 Å². The van der Waals surface area contributed by atoms with E-state index in [2.05, 4.69) is 14.8 Å². The lowest BCUT2D eigenvalue weighted by molar-refractivity contribution is -0.132. The molecule has 0 fully saturated rings. The predicted octanol–water partition coefficient (Wildman–Crippen LogP) is 3.58. The van der Waals surface area contributed by atoms with E-state index in [-0.39, 0.29) is 12.3 Å². The number of fused-ring (bicyclic) bond motifs is 1. The van der Waals surface area contributed by atoms with Crippen molar-refractivity contribution in [3.8, 4) is 17.1 Å². The van der Waals surface area contributed by atoms with E-state index in [9.17, 15) is 4.79 Å². The number of amides is 1. The Hall–Kier alpha value is -2.86. The molecular weight excluding hydrogens is 376 g/mol. The lowest BCUT2D eigenvalue weighted by Crippen LogP contribution is -2.39. The Labute approximate surface area is 168 Å². The van der Waals surface area contributed by atoms with Gasteiger partial charge < -0.3 is 14.2 Å². The molecule has 0 bridgehead atoms. The Balaban J connectivity index is 1.50. The second-order valence-electron chi connectivity index (χ2n) is 6.61.